The van der Waals surface area contributed by atoms with Gasteiger partial charge in [-0.3, -0.25) is 14.4 Å². The number of aryl methyl sites for hydroxylation is 1. The van der Waals surface area contributed by atoms with Crippen LogP contribution in [-0.4, -0.2) is 21.8 Å². The van der Waals surface area contributed by atoms with E-state index in [1.54, 1.807) is 18.2 Å². The molecule has 0 spiro atoms. The lowest BCUT2D eigenvalue weighted by atomic mass is 9.92. The van der Waals surface area contributed by atoms with Gasteiger partial charge < -0.3 is 15.6 Å². The minimum atomic E-state index is -0.948. The fourth-order valence-electron chi connectivity index (χ4n) is 3.55. The monoisotopic (exact) mass is 452 g/mol. The third-order valence-corrected chi connectivity index (χ3v) is 6.14. The number of aromatic amines is 1. The Kier molecular flexibility index (Phi) is 6.36. The summed E-state index contributed by atoms with van der Waals surface area (Å²) in [5, 5.41) is 5.76. The number of anilines is 2. The Morgan fingerprint density at radius 2 is 1.94 bits per heavy atom. The molecule has 2 aromatic carbocycles. The Morgan fingerprint density at radius 3 is 2.69 bits per heavy atom. The first kappa shape index (κ1) is 21.8. The van der Waals surface area contributed by atoms with Crippen molar-refractivity contribution in [2.24, 2.45) is 0 Å². The molecule has 164 valence electrons. The van der Waals surface area contributed by atoms with E-state index in [-0.39, 0.29) is 29.5 Å². The van der Waals surface area contributed by atoms with Crippen LogP contribution in [0.25, 0.3) is 0 Å². The Morgan fingerprint density at radius 1 is 1.19 bits per heavy atom. The van der Waals surface area contributed by atoms with Crippen molar-refractivity contribution < 1.29 is 14.0 Å². The second kappa shape index (κ2) is 9.35. The predicted octanol–water partition coefficient (Wildman–Crippen LogP) is 3.83. The highest BCUT2D eigenvalue weighted by atomic mass is 32.2. The van der Waals surface area contributed by atoms with Crippen LogP contribution in [0.1, 0.15) is 36.0 Å². The number of thioether (sulfide) groups is 1. The predicted molar refractivity (Wildman–Crippen MR) is 121 cm³/mol. The molecular weight excluding hydrogens is 431 g/mol. The number of halogens is 1. The number of nitrogens with one attached hydrogen (secondary N) is 3. The van der Waals surface area contributed by atoms with Crippen LogP contribution in [0.3, 0.4) is 0 Å². The van der Waals surface area contributed by atoms with Crippen molar-refractivity contribution in [3.05, 3.63) is 81.4 Å². The van der Waals surface area contributed by atoms with E-state index in [1.807, 2.05) is 25.1 Å². The van der Waals surface area contributed by atoms with Gasteiger partial charge in [0.1, 0.15) is 11.6 Å². The van der Waals surface area contributed by atoms with E-state index in [4.69, 9.17) is 0 Å². The lowest BCUT2D eigenvalue weighted by molar-refractivity contribution is -0.123. The maximum absolute atomic E-state index is 13.1. The zero-order valence-electron chi connectivity index (χ0n) is 17.3. The van der Waals surface area contributed by atoms with Crippen LogP contribution < -0.4 is 16.2 Å². The number of carbonyl (C=O) groups excluding carboxylic acids is 2. The smallest absolute Gasteiger partial charge is 0.257 e. The van der Waals surface area contributed by atoms with Crippen LogP contribution >= 0.6 is 11.8 Å². The average molecular weight is 453 g/mol. The Bertz CT molecular complexity index is 1230. The molecule has 0 saturated carbocycles. The number of aromatic nitrogens is 2. The molecule has 4 rings (SSSR count). The van der Waals surface area contributed by atoms with E-state index < -0.39 is 17.4 Å². The zero-order valence-corrected chi connectivity index (χ0v) is 18.1. The lowest BCUT2D eigenvalue weighted by Crippen LogP contribution is -2.36. The van der Waals surface area contributed by atoms with Crippen LogP contribution in [0.15, 0.2) is 58.5 Å². The van der Waals surface area contributed by atoms with Crippen LogP contribution in [0.4, 0.5) is 15.9 Å². The molecule has 2 amide bonds. The van der Waals surface area contributed by atoms with Crippen LogP contribution in [0.2, 0.25) is 0 Å². The summed E-state index contributed by atoms with van der Waals surface area (Å²) in [6, 6.07) is 13.4. The third-order valence-electron chi connectivity index (χ3n) is 5.19. The maximum Gasteiger partial charge on any atom is 0.257 e. The molecule has 0 aliphatic carbocycles. The van der Waals surface area contributed by atoms with Crippen molar-refractivity contribution in [2.75, 3.05) is 10.6 Å². The Labute approximate surface area is 187 Å². The van der Waals surface area contributed by atoms with Crippen LogP contribution in [0.5, 0.6) is 0 Å². The molecule has 0 unspecified atom stereocenters. The summed E-state index contributed by atoms with van der Waals surface area (Å²) in [5.41, 5.74) is 2.14. The van der Waals surface area contributed by atoms with Crippen molar-refractivity contribution in [1.82, 2.24) is 9.97 Å². The van der Waals surface area contributed by atoms with Gasteiger partial charge in [0.2, 0.25) is 11.8 Å². The largest absolute Gasteiger partial charge is 0.325 e. The minimum absolute atomic E-state index is 0.0931. The Hall–Kier alpha value is -3.46. The molecule has 7 nitrogen and oxygen atoms in total. The third kappa shape index (κ3) is 4.72. The van der Waals surface area contributed by atoms with Gasteiger partial charge in [-0.15, -0.1) is 0 Å². The lowest BCUT2D eigenvalue weighted by Gasteiger charge is -2.24. The van der Waals surface area contributed by atoms with E-state index in [1.165, 1.54) is 23.9 Å². The molecule has 3 aromatic rings. The molecule has 9 heteroatoms. The summed E-state index contributed by atoms with van der Waals surface area (Å²) < 4.78 is 13.1. The number of benzene rings is 2. The quantitative estimate of drug-likeness (QED) is 0.390. The van der Waals surface area contributed by atoms with Gasteiger partial charge >= 0.3 is 0 Å². The average Bonchev–Trinajstić information content (AvgIpc) is 2.78. The Balaban J connectivity index is 1.57. The van der Waals surface area contributed by atoms with Crippen molar-refractivity contribution in [1.29, 1.82) is 0 Å². The van der Waals surface area contributed by atoms with E-state index >= 15 is 0 Å². The van der Waals surface area contributed by atoms with Gasteiger partial charge in [-0.1, -0.05) is 49.0 Å². The van der Waals surface area contributed by atoms with Crippen molar-refractivity contribution in [3.63, 3.8) is 0 Å². The molecular formula is C23H21FN4O3S. The number of rotatable bonds is 6. The van der Waals surface area contributed by atoms with Gasteiger partial charge in [0.15, 0.2) is 5.16 Å². The first-order valence-electron chi connectivity index (χ1n) is 10.1. The number of para-hydroxylation sites is 1. The van der Waals surface area contributed by atoms with Gasteiger partial charge in [0.25, 0.3) is 5.56 Å². The molecule has 1 atom stereocenters. The van der Waals surface area contributed by atoms with Gasteiger partial charge in [0, 0.05) is 17.9 Å². The summed E-state index contributed by atoms with van der Waals surface area (Å²) in [6.45, 7) is 1.98. The molecule has 2 heterocycles. The standard InChI is InChI=1S/C23H21FN4O3S/c1-2-14-5-3-4-6-17(14)25-21(30)16-11-18(29)26-20-19(16)22(31)28-23(27-20)32-12-13-7-9-15(24)10-8-13/h3-10,16H,2,11-12H2,1H3,(H,25,30)(H2,26,27,28,29,31)/t16-/m0/s1. The summed E-state index contributed by atoms with van der Waals surface area (Å²) in [7, 11) is 0. The minimum Gasteiger partial charge on any atom is -0.325 e. The first-order chi connectivity index (χ1) is 15.4. The molecule has 32 heavy (non-hydrogen) atoms. The molecule has 3 N–H and O–H groups in total. The van der Waals surface area contributed by atoms with E-state index in [9.17, 15) is 18.8 Å². The SMILES string of the molecule is CCc1ccccc1NC(=O)[C@H]1CC(=O)Nc2nc(SCc3ccc(F)cc3)[nH]c(=O)c21. The summed E-state index contributed by atoms with van der Waals surface area (Å²) in [4.78, 5) is 45.2. The highest BCUT2D eigenvalue weighted by Gasteiger charge is 2.35. The number of hydrogen-bond acceptors (Lipinski definition) is 5. The highest BCUT2D eigenvalue weighted by molar-refractivity contribution is 7.98. The van der Waals surface area contributed by atoms with Crippen molar-refractivity contribution >= 4 is 35.1 Å². The maximum atomic E-state index is 13.1. The fourth-order valence-corrected chi connectivity index (χ4v) is 4.36. The summed E-state index contributed by atoms with van der Waals surface area (Å²) in [6.07, 6.45) is 0.592. The molecule has 0 fully saturated rings. The van der Waals surface area contributed by atoms with Gasteiger partial charge in [0.05, 0.1) is 11.5 Å². The molecule has 1 aliphatic rings. The molecule has 0 radical (unpaired) electrons. The number of carbonyl (C=O) groups is 2. The molecule has 0 saturated heterocycles. The first-order valence-corrected chi connectivity index (χ1v) is 11.1. The van der Waals surface area contributed by atoms with Crippen molar-refractivity contribution in [3.8, 4) is 0 Å². The van der Waals surface area contributed by atoms with Gasteiger partial charge in [-0.2, -0.15) is 0 Å². The number of nitrogens with zero attached hydrogens (tertiary/aromatic N) is 1. The summed E-state index contributed by atoms with van der Waals surface area (Å²) >= 11 is 1.24. The topological polar surface area (TPSA) is 104 Å². The summed E-state index contributed by atoms with van der Waals surface area (Å²) in [5.74, 6) is -1.54. The molecule has 0 bridgehead atoms. The van der Waals surface area contributed by atoms with Crippen molar-refractivity contribution in [2.45, 2.75) is 36.6 Å². The van der Waals surface area contributed by atoms with E-state index in [0.29, 0.717) is 16.6 Å². The zero-order chi connectivity index (χ0) is 22.7. The number of H-pyrrole nitrogens is 1. The number of fused-ring (bicyclic) bond motifs is 1. The number of hydrogen-bond donors (Lipinski definition) is 3. The highest BCUT2D eigenvalue weighted by Crippen LogP contribution is 2.31. The number of amides is 2. The molecule has 1 aromatic heterocycles. The second-order valence-electron chi connectivity index (χ2n) is 7.35. The second-order valence-corrected chi connectivity index (χ2v) is 8.32. The van der Waals surface area contributed by atoms with E-state index in [2.05, 4.69) is 20.6 Å². The van der Waals surface area contributed by atoms with Gasteiger partial charge in [-0.05, 0) is 35.7 Å². The van der Waals surface area contributed by atoms with Crippen LogP contribution in [-0.2, 0) is 21.8 Å². The normalized spacial score (nSPS) is 15.1. The van der Waals surface area contributed by atoms with Crippen LogP contribution in [0, 0.1) is 5.82 Å². The van der Waals surface area contributed by atoms with E-state index in [0.717, 1.165) is 17.5 Å². The molecule has 1 aliphatic heterocycles. The van der Waals surface area contributed by atoms with Gasteiger partial charge in [-0.25, -0.2) is 9.37 Å². The fraction of sp³-hybridized carbons (Fsp3) is 0.217.